The molecule has 1 unspecified atom stereocenters. The van der Waals surface area contributed by atoms with Gasteiger partial charge in [0, 0.05) is 18.7 Å². The van der Waals surface area contributed by atoms with Crippen molar-refractivity contribution in [1.29, 1.82) is 0 Å². The number of likely N-dealkylation sites (tertiary alicyclic amines) is 1. The molecule has 1 atom stereocenters. The third kappa shape index (κ3) is 2.63. The number of carboxylic acids is 1. The van der Waals surface area contributed by atoms with Crippen molar-refractivity contribution in [1.82, 2.24) is 4.90 Å². The largest absolute Gasteiger partial charge is 0.481 e. The van der Waals surface area contributed by atoms with Crippen LogP contribution in [0, 0.1) is 5.92 Å². The molecule has 1 saturated heterocycles. The maximum absolute atomic E-state index is 12.5. The van der Waals surface area contributed by atoms with Gasteiger partial charge in [0.2, 0.25) is 6.79 Å². The van der Waals surface area contributed by atoms with Gasteiger partial charge in [0.15, 0.2) is 11.5 Å². The van der Waals surface area contributed by atoms with E-state index >= 15 is 0 Å². The first-order valence-electron chi connectivity index (χ1n) is 6.67. The lowest BCUT2D eigenvalue weighted by Crippen LogP contribution is -2.42. The third-order valence-corrected chi connectivity index (χ3v) is 4.01. The van der Waals surface area contributed by atoms with Crippen LogP contribution in [0.5, 0.6) is 11.5 Å². The second-order valence-electron chi connectivity index (χ2n) is 5.12. The van der Waals surface area contributed by atoms with Crippen LogP contribution >= 0.6 is 11.6 Å². The topological polar surface area (TPSA) is 76.1 Å². The van der Waals surface area contributed by atoms with Crippen LogP contribution in [0.1, 0.15) is 23.2 Å². The highest BCUT2D eigenvalue weighted by molar-refractivity contribution is 6.32. The quantitative estimate of drug-likeness (QED) is 0.904. The number of fused-ring (bicyclic) bond motifs is 1. The summed E-state index contributed by atoms with van der Waals surface area (Å²) in [6.07, 6.45) is 1.28. The number of hydrogen-bond donors (Lipinski definition) is 1. The molecule has 0 saturated carbocycles. The summed E-state index contributed by atoms with van der Waals surface area (Å²) in [6, 6.07) is 3.11. The van der Waals surface area contributed by atoms with Crippen LogP contribution in [0.25, 0.3) is 0 Å². The monoisotopic (exact) mass is 311 g/mol. The van der Waals surface area contributed by atoms with Crippen LogP contribution in [0.2, 0.25) is 5.02 Å². The number of halogens is 1. The average Bonchev–Trinajstić information content (AvgIpc) is 2.95. The fourth-order valence-corrected chi connectivity index (χ4v) is 2.90. The average molecular weight is 312 g/mol. The van der Waals surface area contributed by atoms with Gasteiger partial charge in [-0.05, 0) is 25.0 Å². The lowest BCUT2D eigenvalue weighted by atomic mass is 9.97. The molecule has 6 nitrogen and oxygen atoms in total. The lowest BCUT2D eigenvalue weighted by Gasteiger charge is -2.30. The summed E-state index contributed by atoms with van der Waals surface area (Å²) >= 11 is 6.07. The number of carbonyl (C=O) groups excluding carboxylic acids is 1. The first-order chi connectivity index (χ1) is 10.1. The van der Waals surface area contributed by atoms with E-state index in [4.69, 9.17) is 26.2 Å². The van der Waals surface area contributed by atoms with E-state index < -0.39 is 11.9 Å². The minimum absolute atomic E-state index is 0.0809. The highest BCUT2D eigenvalue weighted by atomic mass is 35.5. The number of aliphatic carboxylic acids is 1. The highest BCUT2D eigenvalue weighted by Crippen LogP contribution is 2.40. The molecule has 0 aromatic heterocycles. The Bertz CT molecular complexity index is 603. The number of hydrogen-bond acceptors (Lipinski definition) is 4. The number of rotatable bonds is 2. The molecule has 1 fully saturated rings. The Morgan fingerprint density at radius 3 is 2.90 bits per heavy atom. The Balaban J connectivity index is 1.82. The van der Waals surface area contributed by atoms with Gasteiger partial charge >= 0.3 is 5.97 Å². The Labute approximate surface area is 126 Å². The Kier molecular flexibility index (Phi) is 3.63. The van der Waals surface area contributed by atoms with Gasteiger partial charge in [0.25, 0.3) is 5.91 Å². The Hall–Kier alpha value is -1.95. The van der Waals surface area contributed by atoms with E-state index in [-0.39, 0.29) is 19.2 Å². The van der Waals surface area contributed by atoms with Crippen molar-refractivity contribution in [2.24, 2.45) is 5.92 Å². The summed E-state index contributed by atoms with van der Waals surface area (Å²) in [5.41, 5.74) is 0.385. The zero-order valence-electron chi connectivity index (χ0n) is 11.2. The van der Waals surface area contributed by atoms with E-state index in [1.165, 1.54) is 6.07 Å². The van der Waals surface area contributed by atoms with Gasteiger partial charge in [-0.2, -0.15) is 0 Å². The van der Waals surface area contributed by atoms with Gasteiger partial charge in [-0.15, -0.1) is 0 Å². The maximum atomic E-state index is 12.5. The van der Waals surface area contributed by atoms with E-state index in [0.29, 0.717) is 41.5 Å². The number of amides is 1. The van der Waals surface area contributed by atoms with Crippen LogP contribution in [0.15, 0.2) is 12.1 Å². The van der Waals surface area contributed by atoms with Crippen LogP contribution < -0.4 is 9.47 Å². The SMILES string of the molecule is O=C(O)C1CCCN(C(=O)c2cc(Cl)c3c(c2)OCO3)C1. The zero-order chi connectivity index (χ0) is 15.0. The van der Waals surface area contributed by atoms with Gasteiger partial charge in [0.05, 0.1) is 10.9 Å². The van der Waals surface area contributed by atoms with Crippen molar-refractivity contribution in [3.8, 4) is 11.5 Å². The normalized spacial score (nSPS) is 20.4. The summed E-state index contributed by atoms with van der Waals surface area (Å²) in [5.74, 6) is -0.725. The molecule has 1 N–H and O–H groups in total. The molecular formula is C14H14ClNO5. The summed E-state index contributed by atoms with van der Waals surface area (Å²) in [6.45, 7) is 0.854. The Morgan fingerprint density at radius 2 is 2.14 bits per heavy atom. The molecule has 0 bridgehead atoms. The van der Waals surface area contributed by atoms with E-state index in [0.717, 1.165) is 0 Å². The molecule has 3 rings (SSSR count). The van der Waals surface area contributed by atoms with Gasteiger partial charge < -0.3 is 19.5 Å². The van der Waals surface area contributed by atoms with Crippen molar-refractivity contribution in [2.45, 2.75) is 12.8 Å². The van der Waals surface area contributed by atoms with Crippen molar-refractivity contribution in [2.75, 3.05) is 19.9 Å². The van der Waals surface area contributed by atoms with Gasteiger partial charge in [-0.3, -0.25) is 9.59 Å². The van der Waals surface area contributed by atoms with Crippen LogP contribution in [0.3, 0.4) is 0 Å². The molecule has 0 aliphatic carbocycles. The predicted molar refractivity (Wildman–Crippen MR) is 73.8 cm³/mol. The second-order valence-corrected chi connectivity index (χ2v) is 5.53. The molecule has 2 aliphatic rings. The van der Waals surface area contributed by atoms with Crippen molar-refractivity contribution < 1.29 is 24.2 Å². The van der Waals surface area contributed by atoms with Crippen molar-refractivity contribution >= 4 is 23.5 Å². The first kappa shape index (κ1) is 14.0. The fraction of sp³-hybridized carbons (Fsp3) is 0.429. The van der Waals surface area contributed by atoms with Gasteiger partial charge in [0.1, 0.15) is 0 Å². The standard InChI is InChI=1S/C14H14ClNO5/c15-10-4-9(5-11-12(10)21-7-20-11)13(17)16-3-1-2-8(6-16)14(18)19/h4-5,8H,1-3,6-7H2,(H,18,19). The van der Waals surface area contributed by atoms with E-state index in [9.17, 15) is 9.59 Å². The molecular weight excluding hydrogens is 298 g/mol. The smallest absolute Gasteiger partial charge is 0.308 e. The van der Waals surface area contributed by atoms with Crippen LogP contribution in [0.4, 0.5) is 0 Å². The molecule has 1 amide bonds. The number of piperidine rings is 1. The van der Waals surface area contributed by atoms with Crippen molar-refractivity contribution in [3.63, 3.8) is 0 Å². The number of nitrogens with zero attached hydrogens (tertiary/aromatic N) is 1. The maximum Gasteiger partial charge on any atom is 0.308 e. The summed E-state index contributed by atoms with van der Waals surface area (Å²) < 4.78 is 10.4. The molecule has 1 aromatic rings. The van der Waals surface area contributed by atoms with E-state index in [2.05, 4.69) is 0 Å². The van der Waals surface area contributed by atoms with Gasteiger partial charge in [-0.25, -0.2) is 0 Å². The molecule has 21 heavy (non-hydrogen) atoms. The molecule has 1 aromatic carbocycles. The first-order valence-corrected chi connectivity index (χ1v) is 7.05. The second kappa shape index (κ2) is 5.44. The summed E-state index contributed by atoms with van der Waals surface area (Å²) in [7, 11) is 0. The molecule has 0 radical (unpaired) electrons. The summed E-state index contributed by atoms with van der Waals surface area (Å²) in [4.78, 5) is 25.1. The number of carbonyl (C=O) groups is 2. The van der Waals surface area contributed by atoms with Crippen LogP contribution in [-0.4, -0.2) is 41.8 Å². The number of ether oxygens (including phenoxy) is 2. The molecule has 2 aliphatic heterocycles. The molecule has 0 spiro atoms. The number of carboxylic acid groups (broad SMARTS) is 1. The third-order valence-electron chi connectivity index (χ3n) is 3.73. The molecule has 7 heteroatoms. The summed E-state index contributed by atoms with van der Waals surface area (Å²) in [5, 5.41) is 9.40. The van der Waals surface area contributed by atoms with E-state index in [1.807, 2.05) is 0 Å². The lowest BCUT2D eigenvalue weighted by molar-refractivity contribution is -0.143. The van der Waals surface area contributed by atoms with Crippen molar-refractivity contribution in [3.05, 3.63) is 22.7 Å². The number of benzene rings is 1. The van der Waals surface area contributed by atoms with Crippen LogP contribution in [-0.2, 0) is 4.79 Å². The van der Waals surface area contributed by atoms with E-state index in [1.54, 1.807) is 11.0 Å². The minimum Gasteiger partial charge on any atom is -0.481 e. The molecule has 112 valence electrons. The zero-order valence-corrected chi connectivity index (χ0v) is 11.9. The van der Waals surface area contributed by atoms with Gasteiger partial charge in [-0.1, -0.05) is 11.6 Å². The fourth-order valence-electron chi connectivity index (χ4n) is 2.64. The Morgan fingerprint density at radius 1 is 1.33 bits per heavy atom. The highest BCUT2D eigenvalue weighted by Gasteiger charge is 2.30. The molecule has 2 heterocycles. The predicted octanol–water partition coefficient (Wildman–Crippen LogP) is 2.01. The minimum atomic E-state index is -0.865.